The van der Waals surface area contributed by atoms with Crippen LogP contribution in [0.2, 0.25) is 0 Å². The van der Waals surface area contributed by atoms with Gasteiger partial charge in [0.15, 0.2) is 0 Å². The van der Waals surface area contributed by atoms with Crippen LogP contribution >= 0.6 is 15.9 Å². The van der Waals surface area contributed by atoms with Crippen molar-refractivity contribution in [2.24, 2.45) is 0 Å². The molecule has 0 radical (unpaired) electrons. The molecule has 0 atom stereocenters. The highest BCUT2D eigenvalue weighted by Gasteiger charge is 2.20. The molecule has 4 nitrogen and oxygen atoms in total. The van der Waals surface area contributed by atoms with Crippen LogP contribution in [0.15, 0.2) is 35.3 Å². The SMILES string of the molecule is C=CCNC(=O)N1CCN(c2ccc(C)c(Br)c2)CC1. The molecule has 1 heterocycles. The molecule has 1 N–H and O–H groups in total. The molecule has 0 saturated carbocycles. The minimum absolute atomic E-state index is 0.00497. The molecule has 2 amide bonds. The Labute approximate surface area is 128 Å². The monoisotopic (exact) mass is 337 g/mol. The minimum Gasteiger partial charge on any atom is -0.368 e. The van der Waals surface area contributed by atoms with E-state index in [0.29, 0.717) is 6.54 Å². The summed E-state index contributed by atoms with van der Waals surface area (Å²) in [4.78, 5) is 16.0. The molecule has 1 aromatic rings. The van der Waals surface area contributed by atoms with Gasteiger partial charge >= 0.3 is 6.03 Å². The van der Waals surface area contributed by atoms with E-state index < -0.39 is 0 Å². The summed E-state index contributed by atoms with van der Waals surface area (Å²) in [6, 6.07) is 6.38. The normalized spacial score (nSPS) is 15.1. The molecule has 0 bridgehead atoms. The fourth-order valence-corrected chi connectivity index (χ4v) is 2.58. The molecule has 5 heteroatoms. The summed E-state index contributed by atoms with van der Waals surface area (Å²) in [5.41, 5.74) is 2.44. The molecule has 1 saturated heterocycles. The number of hydrogen-bond donors (Lipinski definition) is 1. The average Bonchev–Trinajstić information content (AvgIpc) is 2.48. The molecule has 108 valence electrons. The highest BCUT2D eigenvalue weighted by atomic mass is 79.9. The van der Waals surface area contributed by atoms with Crippen molar-refractivity contribution in [2.45, 2.75) is 6.92 Å². The van der Waals surface area contributed by atoms with Crippen molar-refractivity contribution in [3.05, 3.63) is 40.9 Å². The first kappa shape index (κ1) is 14.9. The van der Waals surface area contributed by atoms with Gasteiger partial charge in [-0.25, -0.2) is 4.79 Å². The number of nitrogens with zero attached hydrogens (tertiary/aromatic N) is 2. The van der Waals surface area contributed by atoms with E-state index in [4.69, 9.17) is 0 Å². The van der Waals surface area contributed by atoms with E-state index in [-0.39, 0.29) is 6.03 Å². The van der Waals surface area contributed by atoms with Crippen molar-refractivity contribution in [1.82, 2.24) is 10.2 Å². The van der Waals surface area contributed by atoms with Crippen LogP contribution in [0.3, 0.4) is 0 Å². The van der Waals surface area contributed by atoms with Gasteiger partial charge in [-0.2, -0.15) is 0 Å². The zero-order valence-electron chi connectivity index (χ0n) is 11.7. The number of rotatable bonds is 3. The molecule has 20 heavy (non-hydrogen) atoms. The number of urea groups is 1. The standard InChI is InChI=1S/C15H20BrN3O/c1-3-6-17-15(20)19-9-7-18(8-10-19)13-5-4-12(2)14(16)11-13/h3-5,11H,1,6-10H2,2H3,(H,17,20). The molecule has 2 rings (SSSR count). The summed E-state index contributed by atoms with van der Waals surface area (Å²) >= 11 is 3.57. The Bertz CT molecular complexity index is 496. The van der Waals surface area contributed by atoms with Crippen LogP contribution < -0.4 is 10.2 Å². The van der Waals surface area contributed by atoms with Gasteiger partial charge in [-0.1, -0.05) is 28.1 Å². The first-order valence-electron chi connectivity index (χ1n) is 6.76. The second-order valence-electron chi connectivity index (χ2n) is 4.88. The Kier molecular flexibility index (Phi) is 5.06. The van der Waals surface area contributed by atoms with Crippen LogP contribution in [-0.2, 0) is 0 Å². The fraction of sp³-hybridized carbons (Fsp3) is 0.400. The Balaban J connectivity index is 1.92. The van der Waals surface area contributed by atoms with Gasteiger partial charge in [0, 0.05) is 42.9 Å². The van der Waals surface area contributed by atoms with Crippen molar-refractivity contribution in [3.63, 3.8) is 0 Å². The molecule has 0 aliphatic carbocycles. The van der Waals surface area contributed by atoms with E-state index in [0.717, 1.165) is 30.7 Å². The largest absolute Gasteiger partial charge is 0.368 e. The van der Waals surface area contributed by atoms with Gasteiger partial charge < -0.3 is 15.1 Å². The van der Waals surface area contributed by atoms with Gasteiger partial charge in [0.2, 0.25) is 0 Å². The third-order valence-electron chi connectivity index (χ3n) is 3.49. The smallest absolute Gasteiger partial charge is 0.317 e. The number of hydrogen-bond acceptors (Lipinski definition) is 2. The highest BCUT2D eigenvalue weighted by molar-refractivity contribution is 9.10. The lowest BCUT2D eigenvalue weighted by Crippen LogP contribution is -2.51. The van der Waals surface area contributed by atoms with Crippen LogP contribution in [0.5, 0.6) is 0 Å². The fourth-order valence-electron chi connectivity index (χ4n) is 2.22. The Morgan fingerprint density at radius 3 is 2.70 bits per heavy atom. The summed E-state index contributed by atoms with van der Waals surface area (Å²) in [5.74, 6) is 0. The molecule has 0 unspecified atom stereocenters. The van der Waals surface area contributed by atoms with Gasteiger partial charge in [-0.05, 0) is 24.6 Å². The van der Waals surface area contributed by atoms with E-state index in [1.807, 2.05) is 4.90 Å². The summed E-state index contributed by atoms with van der Waals surface area (Å²) in [6.07, 6.45) is 1.69. The van der Waals surface area contributed by atoms with E-state index in [1.165, 1.54) is 11.3 Å². The van der Waals surface area contributed by atoms with Crippen molar-refractivity contribution in [1.29, 1.82) is 0 Å². The Morgan fingerprint density at radius 1 is 1.40 bits per heavy atom. The first-order chi connectivity index (χ1) is 9.61. The van der Waals surface area contributed by atoms with Crippen LogP contribution in [-0.4, -0.2) is 43.7 Å². The summed E-state index contributed by atoms with van der Waals surface area (Å²) in [5, 5.41) is 2.82. The van der Waals surface area contributed by atoms with Crippen LogP contribution in [0.4, 0.5) is 10.5 Å². The van der Waals surface area contributed by atoms with E-state index in [2.05, 4.69) is 57.8 Å². The van der Waals surface area contributed by atoms with Crippen molar-refractivity contribution < 1.29 is 4.79 Å². The van der Waals surface area contributed by atoms with Crippen LogP contribution in [0.25, 0.3) is 0 Å². The number of anilines is 1. The van der Waals surface area contributed by atoms with Gasteiger partial charge in [-0.15, -0.1) is 6.58 Å². The maximum Gasteiger partial charge on any atom is 0.317 e. The number of aryl methyl sites for hydroxylation is 1. The maximum absolute atomic E-state index is 11.8. The second-order valence-corrected chi connectivity index (χ2v) is 5.74. The number of halogens is 1. The first-order valence-corrected chi connectivity index (χ1v) is 7.56. The summed E-state index contributed by atoms with van der Waals surface area (Å²) in [7, 11) is 0. The third kappa shape index (κ3) is 3.54. The van der Waals surface area contributed by atoms with E-state index in [9.17, 15) is 4.79 Å². The van der Waals surface area contributed by atoms with Crippen LogP contribution in [0, 0.1) is 6.92 Å². The summed E-state index contributed by atoms with van der Waals surface area (Å²) in [6.45, 7) is 9.40. The highest BCUT2D eigenvalue weighted by Crippen LogP contribution is 2.24. The van der Waals surface area contributed by atoms with Gasteiger partial charge in [0.1, 0.15) is 0 Å². The van der Waals surface area contributed by atoms with Crippen molar-refractivity contribution in [2.75, 3.05) is 37.6 Å². The van der Waals surface area contributed by atoms with Crippen molar-refractivity contribution in [3.8, 4) is 0 Å². The lowest BCUT2D eigenvalue weighted by molar-refractivity contribution is 0.195. The maximum atomic E-state index is 11.8. The van der Waals surface area contributed by atoms with Gasteiger partial charge in [0.25, 0.3) is 0 Å². The van der Waals surface area contributed by atoms with Gasteiger partial charge in [0.05, 0.1) is 0 Å². The number of nitrogens with one attached hydrogen (secondary N) is 1. The molecular weight excluding hydrogens is 318 g/mol. The number of carbonyl (C=O) groups is 1. The summed E-state index contributed by atoms with van der Waals surface area (Å²) < 4.78 is 1.13. The lowest BCUT2D eigenvalue weighted by Gasteiger charge is -2.36. The number of benzene rings is 1. The predicted molar refractivity (Wildman–Crippen MR) is 86.3 cm³/mol. The zero-order chi connectivity index (χ0) is 14.5. The van der Waals surface area contributed by atoms with Gasteiger partial charge in [-0.3, -0.25) is 0 Å². The topological polar surface area (TPSA) is 35.6 Å². The second kappa shape index (κ2) is 6.79. The number of piperazine rings is 1. The molecule has 1 aromatic carbocycles. The third-order valence-corrected chi connectivity index (χ3v) is 4.34. The quantitative estimate of drug-likeness (QED) is 0.861. The number of amides is 2. The van der Waals surface area contributed by atoms with Crippen molar-refractivity contribution >= 4 is 27.6 Å². The van der Waals surface area contributed by atoms with E-state index in [1.54, 1.807) is 6.08 Å². The average molecular weight is 338 g/mol. The van der Waals surface area contributed by atoms with E-state index >= 15 is 0 Å². The number of carbonyl (C=O) groups excluding carboxylic acids is 1. The molecule has 1 aliphatic heterocycles. The predicted octanol–water partition coefficient (Wildman–Crippen LogP) is 2.78. The molecule has 0 spiro atoms. The molecular formula is C15H20BrN3O. The molecule has 1 aliphatic rings. The zero-order valence-corrected chi connectivity index (χ0v) is 13.3. The Morgan fingerprint density at radius 2 is 2.10 bits per heavy atom. The molecule has 0 aromatic heterocycles. The molecule has 1 fully saturated rings. The Hall–Kier alpha value is -1.49. The van der Waals surface area contributed by atoms with Crippen LogP contribution in [0.1, 0.15) is 5.56 Å². The lowest BCUT2D eigenvalue weighted by atomic mass is 10.2. The minimum atomic E-state index is -0.00497.